The van der Waals surface area contributed by atoms with Crippen LogP contribution in [0.3, 0.4) is 0 Å². The van der Waals surface area contributed by atoms with E-state index in [4.69, 9.17) is 4.42 Å². The van der Waals surface area contributed by atoms with Crippen molar-refractivity contribution in [2.24, 2.45) is 0 Å². The molecule has 5 nitrogen and oxygen atoms in total. The Balaban J connectivity index is 1.39. The van der Waals surface area contributed by atoms with Gasteiger partial charge in [0.05, 0.1) is 50.7 Å². The molecule has 0 unspecified atom stereocenters. The Morgan fingerprint density at radius 2 is 1.07 bits per heavy atom. The lowest BCUT2D eigenvalue weighted by Crippen LogP contribution is -2.00. The van der Waals surface area contributed by atoms with E-state index in [1.807, 2.05) is 66.7 Å². The highest BCUT2D eigenvalue weighted by Gasteiger charge is 2.20. The summed E-state index contributed by atoms with van der Waals surface area (Å²) in [4.78, 5) is 0. The maximum absolute atomic E-state index is 10.2. The lowest BCUT2D eigenvalue weighted by Gasteiger charge is -2.13. The molecular weight excluding hydrogens is 528 g/mol. The van der Waals surface area contributed by atoms with Gasteiger partial charge in [0.25, 0.3) is 0 Å². The van der Waals surface area contributed by atoms with Crippen LogP contribution < -0.4 is 0 Å². The molecule has 0 N–H and O–H groups in total. The van der Waals surface area contributed by atoms with Crippen LogP contribution in [0.2, 0.25) is 0 Å². The molecule has 6 aromatic carbocycles. The zero-order chi connectivity index (χ0) is 28.7. The highest BCUT2D eigenvalue weighted by molar-refractivity contribution is 6.23. The molecular formula is C38H20N4O. The van der Waals surface area contributed by atoms with Crippen molar-refractivity contribution in [3.8, 4) is 23.5 Å². The highest BCUT2D eigenvalue weighted by atomic mass is 16.3. The monoisotopic (exact) mass is 548 g/mol. The first kappa shape index (κ1) is 23.4. The summed E-state index contributed by atoms with van der Waals surface area (Å²) in [5.41, 5.74) is 8.69. The van der Waals surface area contributed by atoms with Crippen LogP contribution in [-0.2, 0) is 0 Å². The van der Waals surface area contributed by atoms with Crippen molar-refractivity contribution in [1.29, 1.82) is 10.5 Å². The van der Waals surface area contributed by atoms with Crippen molar-refractivity contribution in [3.05, 3.63) is 132 Å². The molecule has 3 heterocycles. The Morgan fingerprint density at radius 1 is 0.465 bits per heavy atom. The first-order valence-corrected chi connectivity index (χ1v) is 14.1. The second-order valence-electron chi connectivity index (χ2n) is 10.8. The smallest absolute Gasteiger partial charge is 0.145 e. The minimum absolute atomic E-state index is 0.558. The van der Waals surface area contributed by atoms with Crippen molar-refractivity contribution < 1.29 is 4.42 Å². The lowest BCUT2D eigenvalue weighted by atomic mass is 10.1. The van der Waals surface area contributed by atoms with E-state index < -0.39 is 0 Å². The number of nitriles is 2. The van der Waals surface area contributed by atoms with Crippen LogP contribution in [0.5, 0.6) is 0 Å². The van der Waals surface area contributed by atoms with Crippen LogP contribution in [0.25, 0.3) is 76.9 Å². The van der Waals surface area contributed by atoms with Crippen molar-refractivity contribution in [2.75, 3.05) is 0 Å². The van der Waals surface area contributed by atoms with Gasteiger partial charge in [-0.1, -0.05) is 54.6 Å². The molecule has 0 aliphatic carbocycles. The second kappa shape index (κ2) is 8.60. The van der Waals surface area contributed by atoms with E-state index in [9.17, 15) is 10.5 Å². The summed E-state index contributed by atoms with van der Waals surface area (Å²) in [5.74, 6) is 0. The van der Waals surface area contributed by atoms with Crippen LogP contribution >= 0.6 is 0 Å². The Bertz CT molecular complexity index is 2710. The summed E-state index contributed by atoms with van der Waals surface area (Å²) in [6.45, 7) is 0. The topological polar surface area (TPSA) is 70.6 Å². The summed E-state index contributed by atoms with van der Waals surface area (Å²) in [6.07, 6.45) is 0. The molecule has 0 bridgehead atoms. The van der Waals surface area contributed by atoms with E-state index in [1.54, 1.807) is 0 Å². The molecule has 0 saturated carbocycles. The van der Waals surface area contributed by atoms with Gasteiger partial charge < -0.3 is 13.6 Å². The molecule has 0 amide bonds. The molecule has 9 aromatic rings. The summed E-state index contributed by atoms with van der Waals surface area (Å²) >= 11 is 0. The van der Waals surface area contributed by atoms with Gasteiger partial charge in [0.1, 0.15) is 11.2 Å². The normalized spacial score (nSPS) is 11.7. The molecule has 5 heteroatoms. The van der Waals surface area contributed by atoms with E-state index in [0.717, 1.165) is 76.9 Å². The van der Waals surface area contributed by atoms with Gasteiger partial charge in [-0.3, -0.25) is 0 Å². The first-order valence-electron chi connectivity index (χ1n) is 14.1. The maximum atomic E-state index is 10.2. The SMILES string of the molecule is N#Cc1cc(-n2c3ccccc3c3cc(C#N)ccc32)cc(-n2c3ccccc3c3c4oc5ccccc5c4ccc32)c1. The standard InChI is InChI=1S/C38H20N4O/c39-21-23-13-15-34-31(19-23)27-7-1-4-10-32(27)41(34)25-17-24(22-40)18-26(20-25)42-33-11-5-2-9-30(33)37-35(42)16-14-29-28-8-3-6-12-36(28)43-38(29)37/h1-20H. The molecule has 43 heavy (non-hydrogen) atoms. The van der Waals surface area contributed by atoms with Crippen LogP contribution in [0.15, 0.2) is 126 Å². The quantitative estimate of drug-likeness (QED) is 0.216. The molecule has 9 rings (SSSR count). The largest absolute Gasteiger partial charge is 0.455 e. The summed E-state index contributed by atoms with van der Waals surface area (Å²) in [7, 11) is 0. The number of rotatable bonds is 2. The Hall–Kier alpha value is -6.30. The number of para-hydroxylation sites is 3. The maximum Gasteiger partial charge on any atom is 0.145 e. The average Bonchev–Trinajstić information content (AvgIpc) is 3.71. The molecule has 0 radical (unpaired) electrons. The van der Waals surface area contributed by atoms with Crippen LogP contribution in [0, 0.1) is 22.7 Å². The fourth-order valence-electron chi connectivity index (χ4n) is 6.75. The van der Waals surface area contributed by atoms with Crippen molar-refractivity contribution in [1.82, 2.24) is 9.13 Å². The number of furan rings is 1. The molecule has 0 spiro atoms. The predicted octanol–water partition coefficient (Wildman–Crippen LogP) is 9.52. The third-order valence-corrected chi connectivity index (χ3v) is 8.53. The summed E-state index contributed by atoms with van der Waals surface area (Å²) in [5, 5.41) is 26.2. The predicted molar refractivity (Wildman–Crippen MR) is 172 cm³/mol. The summed E-state index contributed by atoms with van der Waals surface area (Å²) < 4.78 is 10.9. The van der Waals surface area contributed by atoms with Gasteiger partial charge in [-0.2, -0.15) is 10.5 Å². The molecule has 0 fully saturated rings. The highest BCUT2D eigenvalue weighted by Crippen LogP contribution is 2.41. The lowest BCUT2D eigenvalue weighted by molar-refractivity contribution is 0.673. The Kier molecular flexibility index (Phi) is 4.68. The second-order valence-corrected chi connectivity index (χ2v) is 10.8. The van der Waals surface area contributed by atoms with E-state index in [0.29, 0.717) is 11.1 Å². The average molecular weight is 549 g/mol. The van der Waals surface area contributed by atoms with Gasteiger partial charge in [-0.15, -0.1) is 0 Å². The fraction of sp³-hybridized carbons (Fsp3) is 0. The first-order chi connectivity index (χ1) is 21.2. The van der Waals surface area contributed by atoms with E-state index in [2.05, 4.69) is 75.9 Å². The number of fused-ring (bicyclic) bond motifs is 10. The molecule has 198 valence electrons. The number of aromatic nitrogens is 2. The Morgan fingerprint density at radius 3 is 1.84 bits per heavy atom. The van der Waals surface area contributed by atoms with Gasteiger partial charge in [-0.25, -0.2) is 0 Å². The fourth-order valence-corrected chi connectivity index (χ4v) is 6.75. The van der Waals surface area contributed by atoms with Gasteiger partial charge in [-0.05, 0) is 66.7 Å². The van der Waals surface area contributed by atoms with Gasteiger partial charge in [0.2, 0.25) is 0 Å². The molecule has 0 atom stereocenters. The number of nitrogens with zero attached hydrogens (tertiary/aromatic N) is 4. The number of benzene rings is 6. The zero-order valence-electron chi connectivity index (χ0n) is 22.7. The minimum Gasteiger partial charge on any atom is -0.455 e. The van der Waals surface area contributed by atoms with Crippen LogP contribution in [0.4, 0.5) is 0 Å². The van der Waals surface area contributed by atoms with Crippen molar-refractivity contribution in [3.63, 3.8) is 0 Å². The van der Waals surface area contributed by atoms with E-state index >= 15 is 0 Å². The third-order valence-electron chi connectivity index (χ3n) is 8.53. The third kappa shape index (κ3) is 3.19. The van der Waals surface area contributed by atoms with Crippen molar-refractivity contribution in [2.45, 2.75) is 0 Å². The molecule has 3 aromatic heterocycles. The van der Waals surface area contributed by atoms with Gasteiger partial charge in [0, 0.05) is 38.3 Å². The molecule has 0 saturated heterocycles. The number of hydrogen-bond donors (Lipinski definition) is 0. The molecule has 0 aliphatic rings. The van der Waals surface area contributed by atoms with Crippen LogP contribution in [0.1, 0.15) is 11.1 Å². The van der Waals surface area contributed by atoms with Crippen molar-refractivity contribution >= 4 is 65.6 Å². The van der Waals surface area contributed by atoms with Gasteiger partial charge >= 0.3 is 0 Å². The summed E-state index contributed by atoms with van der Waals surface area (Å²) in [6, 6.07) is 45.4. The Labute approximate surface area is 245 Å². The minimum atomic E-state index is 0.558. The molecule has 0 aliphatic heterocycles. The zero-order valence-corrected chi connectivity index (χ0v) is 22.7. The van der Waals surface area contributed by atoms with E-state index in [1.165, 1.54) is 0 Å². The van der Waals surface area contributed by atoms with Crippen LogP contribution in [-0.4, -0.2) is 9.13 Å². The number of hydrogen-bond acceptors (Lipinski definition) is 3. The van der Waals surface area contributed by atoms with Gasteiger partial charge in [0.15, 0.2) is 0 Å². The van der Waals surface area contributed by atoms with E-state index in [-0.39, 0.29) is 0 Å².